The molecule has 0 aliphatic carbocycles. The predicted molar refractivity (Wildman–Crippen MR) is 132 cm³/mol. The van der Waals surface area contributed by atoms with Crippen molar-refractivity contribution in [3.63, 3.8) is 0 Å². The fourth-order valence-corrected chi connectivity index (χ4v) is 3.78. The molecule has 0 unspecified atom stereocenters. The SMILES string of the molecule is COc1cccc(NC(=O)N[C@@H]2N=C(c3ccccc3)c3ccccc3N(CCC(=O)O)C2=O)c1. The van der Waals surface area contributed by atoms with Crippen LogP contribution in [0.15, 0.2) is 83.9 Å². The minimum absolute atomic E-state index is 0.0710. The number of carboxylic acids is 1. The first kappa shape index (κ1) is 23.5. The number of hydrogen-bond donors (Lipinski definition) is 3. The van der Waals surface area contributed by atoms with E-state index in [1.54, 1.807) is 36.4 Å². The Morgan fingerprint density at radius 3 is 2.51 bits per heavy atom. The van der Waals surface area contributed by atoms with Gasteiger partial charge in [-0.15, -0.1) is 0 Å². The Balaban J connectivity index is 1.71. The molecule has 9 heteroatoms. The van der Waals surface area contributed by atoms with Gasteiger partial charge < -0.3 is 25.4 Å². The van der Waals surface area contributed by atoms with Crippen molar-refractivity contribution in [3.05, 3.63) is 90.0 Å². The number of ether oxygens (including phenoxy) is 1. The Bertz CT molecular complexity index is 1280. The van der Waals surface area contributed by atoms with Crippen molar-refractivity contribution < 1.29 is 24.2 Å². The van der Waals surface area contributed by atoms with Crippen molar-refractivity contribution in [2.75, 3.05) is 23.9 Å². The summed E-state index contributed by atoms with van der Waals surface area (Å²) in [6.45, 7) is -0.0710. The van der Waals surface area contributed by atoms with E-state index in [0.717, 1.165) is 5.56 Å². The number of nitrogens with one attached hydrogen (secondary N) is 2. The summed E-state index contributed by atoms with van der Waals surface area (Å²) in [5.74, 6) is -1.01. The molecule has 3 aromatic carbocycles. The van der Waals surface area contributed by atoms with Gasteiger partial charge in [-0.2, -0.15) is 0 Å². The fourth-order valence-electron chi connectivity index (χ4n) is 3.78. The standard InChI is InChI=1S/C26H24N4O5/c1-35-19-11-7-10-18(16-19)27-26(34)29-24-25(33)30(15-14-22(31)32)21-13-6-5-12-20(21)23(28-24)17-8-3-2-4-9-17/h2-13,16,24H,14-15H2,1H3,(H,31,32)(H2,27,29,34)/t24-/m0/s1. The molecule has 4 rings (SSSR count). The molecular formula is C26H24N4O5. The molecule has 0 saturated heterocycles. The second-order valence-corrected chi connectivity index (χ2v) is 7.73. The van der Waals surface area contributed by atoms with Crippen LogP contribution in [0.4, 0.5) is 16.2 Å². The van der Waals surface area contributed by atoms with Gasteiger partial charge in [0.25, 0.3) is 5.91 Å². The summed E-state index contributed by atoms with van der Waals surface area (Å²) in [4.78, 5) is 43.7. The van der Waals surface area contributed by atoms with Crippen molar-refractivity contribution in [3.8, 4) is 5.75 Å². The Morgan fingerprint density at radius 1 is 1.03 bits per heavy atom. The number of anilines is 2. The molecular weight excluding hydrogens is 448 g/mol. The Hall–Kier alpha value is -4.66. The summed E-state index contributed by atoms with van der Waals surface area (Å²) >= 11 is 0. The van der Waals surface area contributed by atoms with E-state index in [1.807, 2.05) is 42.5 Å². The summed E-state index contributed by atoms with van der Waals surface area (Å²) < 4.78 is 5.18. The Labute approximate surface area is 202 Å². The first-order chi connectivity index (χ1) is 17.0. The van der Waals surface area contributed by atoms with Crippen LogP contribution in [-0.4, -0.2) is 48.5 Å². The maximum atomic E-state index is 13.5. The third kappa shape index (κ3) is 5.47. The lowest BCUT2D eigenvalue weighted by atomic mass is 10.0. The van der Waals surface area contributed by atoms with Gasteiger partial charge >= 0.3 is 12.0 Å². The maximum Gasteiger partial charge on any atom is 0.321 e. The lowest BCUT2D eigenvalue weighted by molar-refractivity contribution is -0.136. The Kier molecular flexibility index (Phi) is 7.06. The van der Waals surface area contributed by atoms with E-state index in [9.17, 15) is 19.5 Å². The van der Waals surface area contributed by atoms with Crippen LogP contribution in [0.5, 0.6) is 5.75 Å². The zero-order valence-electron chi connectivity index (χ0n) is 19.0. The maximum absolute atomic E-state index is 13.5. The molecule has 1 aliphatic rings. The molecule has 0 radical (unpaired) electrons. The summed E-state index contributed by atoms with van der Waals surface area (Å²) in [5.41, 5.74) is 2.93. The molecule has 0 aromatic heterocycles. The number of methoxy groups -OCH3 is 1. The van der Waals surface area contributed by atoms with Crippen molar-refractivity contribution in [1.29, 1.82) is 0 Å². The average molecular weight is 473 g/mol. The number of benzodiazepines with no additional fused rings is 1. The van der Waals surface area contributed by atoms with Crippen molar-refractivity contribution in [2.45, 2.75) is 12.6 Å². The third-order valence-electron chi connectivity index (χ3n) is 5.40. The lowest BCUT2D eigenvalue weighted by Crippen LogP contribution is -2.49. The molecule has 3 amide bonds. The highest BCUT2D eigenvalue weighted by molar-refractivity contribution is 6.20. The van der Waals surface area contributed by atoms with Gasteiger partial charge in [-0.25, -0.2) is 9.79 Å². The van der Waals surface area contributed by atoms with Crippen LogP contribution in [0.1, 0.15) is 17.5 Å². The molecule has 0 saturated carbocycles. The number of carbonyl (C=O) groups is 3. The lowest BCUT2D eigenvalue weighted by Gasteiger charge is -2.25. The number of urea groups is 1. The smallest absolute Gasteiger partial charge is 0.321 e. The first-order valence-corrected chi connectivity index (χ1v) is 10.9. The number of para-hydroxylation sites is 1. The largest absolute Gasteiger partial charge is 0.497 e. The summed E-state index contributed by atoms with van der Waals surface area (Å²) in [6.07, 6.45) is -1.54. The number of amides is 3. The van der Waals surface area contributed by atoms with Crippen molar-refractivity contribution in [1.82, 2.24) is 5.32 Å². The number of aliphatic carboxylic acids is 1. The number of rotatable bonds is 7. The molecule has 0 spiro atoms. The van der Waals surface area contributed by atoms with E-state index in [1.165, 1.54) is 12.0 Å². The van der Waals surface area contributed by atoms with E-state index in [0.29, 0.717) is 28.4 Å². The highest BCUT2D eigenvalue weighted by Crippen LogP contribution is 2.28. The van der Waals surface area contributed by atoms with E-state index < -0.39 is 24.1 Å². The van der Waals surface area contributed by atoms with Crippen molar-refractivity contribution >= 4 is 35.0 Å². The van der Waals surface area contributed by atoms with Gasteiger partial charge in [0.2, 0.25) is 6.17 Å². The average Bonchev–Trinajstić information content (AvgIpc) is 2.98. The summed E-state index contributed by atoms with van der Waals surface area (Å²) in [5, 5.41) is 14.6. The van der Waals surface area contributed by atoms with E-state index in [4.69, 9.17) is 4.74 Å². The number of fused-ring (bicyclic) bond motifs is 1. The molecule has 1 aliphatic heterocycles. The molecule has 1 atom stereocenters. The topological polar surface area (TPSA) is 120 Å². The number of carboxylic acid groups (broad SMARTS) is 1. The monoisotopic (exact) mass is 472 g/mol. The van der Waals surface area contributed by atoms with Crippen molar-refractivity contribution in [2.24, 2.45) is 4.99 Å². The highest BCUT2D eigenvalue weighted by atomic mass is 16.5. The van der Waals surface area contributed by atoms with Crippen LogP contribution < -0.4 is 20.3 Å². The third-order valence-corrected chi connectivity index (χ3v) is 5.40. The van der Waals surface area contributed by atoms with E-state index in [-0.39, 0.29) is 13.0 Å². The molecule has 0 bridgehead atoms. The van der Waals surface area contributed by atoms with Gasteiger partial charge in [0.15, 0.2) is 0 Å². The number of benzene rings is 3. The van der Waals surface area contributed by atoms with Gasteiger partial charge in [0.05, 0.1) is 24.9 Å². The van der Waals surface area contributed by atoms with Crippen LogP contribution in [-0.2, 0) is 9.59 Å². The minimum Gasteiger partial charge on any atom is -0.497 e. The zero-order valence-corrected chi connectivity index (χ0v) is 19.0. The number of nitrogens with zero attached hydrogens (tertiary/aromatic N) is 2. The minimum atomic E-state index is -1.28. The highest BCUT2D eigenvalue weighted by Gasteiger charge is 2.33. The van der Waals surface area contributed by atoms with Crippen LogP contribution in [0.2, 0.25) is 0 Å². The fraction of sp³-hybridized carbons (Fsp3) is 0.154. The summed E-state index contributed by atoms with van der Waals surface area (Å²) in [6, 6.07) is 22.6. The molecule has 35 heavy (non-hydrogen) atoms. The summed E-state index contributed by atoms with van der Waals surface area (Å²) in [7, 11) is 1.52. The van der Waals surface area contributed by atoms with Gasteiger partial charge in [-0.1, -0.05) is 54.6 Å². The van der Waals surface area contributed by atoms with Gasteiger partial charge in [0.1, 0.15) is 5.75 Å². The second kappa shape index (κ2) is 10.5. The molecule has 0 fully saturated rings. The molecule has 1 heterocycles. The van der Waals surface area contributed by atoms with Crippen LogP contribution in [0.3, 0.4) is 0 Å². The predicted octanol–water partition coefficient (Wildman–Crippen LogP) is 3.50. The molecule has 9 nitrogen and oxygen atoms in total. The molecule has 3 N–H and O–H groups in total. The second-order valence-electron chi connectivity index (χ2n) is 7.73. The zero-order chi connectivity index (χ0) is 24.8. The number of carbonyl (C=O) groups excluding carboxylic acids is 2. The van der Waals surface area contributed by atoms with Crippen LogP contribution >= 0.6 is 0 Å². The van der Waals surface area contributed by atoms with E-state index >= 15 is 0 Å². The normalized spacial score (nSPS) is 14.9. The first-order valence-electron chi connectivity index (χ1n) is 10.9. The Morgan fingerprint density at radius 2 is 1.77 bits per heavy atom. The quantitative estimate of drug-likeness (QED) is 0.486. The van der Waals surface area contributed by atoms with Gasteiger partial charge in [0, 0.05) is 29.4 Å². The number of aliphatic imine (C=N–C) groups is 1. The van der Waals surface area contributed by atoms with Crippen LogP contribution in [0, 0.1) is 0 Å². The van der Waals surface area contributed by atoms with Crippen LogP contribution in [0.25, 0.3) is 0 Å². The van der Waals surface area contributed by atoms with Gasteiger partial charge in [-0.05, 0) is 18.2 Å². The molecule has 178 valence electrons. The molecule has 3 aromatic rings. The van der Waals surface area contributed by atoms with Gasteiger partial charge in [-0.3, -0.25) is 9.59 Å². The van der Waals surface area contributed by atoms with E-state index in [2.05, 4.69) is 15.6 Å². The number of hydrogen-bond acceptors (Lipinski definition) is 5.